The molecule has 1 aromatic heterocycles. The molecule has 0 aliphatic rings. The maximum Gasteiger partial charge on any atom is 0.315 e. The minimum absolute atomic E-state index is 0.108. The first-order chi connectivity index (χ1) is 12.1. The maximum absolute atomic E-state index is 12.1. The third kappa shape index (κ3) is 4.47. The third-order valence-corrected chi connectivity index (χ3v) is 4.05. The monoisotopic (exact) mass is 335 g/mol. The van der Waals surface area contributed by atoms with Crippen molar-refractivity contribution in [2.45, 2.75) is 19.9 Å². The number of hydrogen-bond acceptors (Lipinski definition) is 2. The van der Waals surface area contributed by atoms with E-state index in [1.807, 2.05) is 61.5 Å². The summed E-state index contributed by atoms with van der Waals surface area (Å²) in [5.74, 6) is 0. The summed E-state index contributed by atoms with van der Waals surface area (Å²) in [6.45, 7) is 2.90. The molecule has 5 nitrogen and oxygen atoms in total. The lowest BCUT2D eigenvalue weighted by Crippen LogP contribution is -2.36. The first-order valence-corrected chi connectivity index (χ1v) is 8.30. The number of nitrogens with one attached hydrogen (secondary N) is 3. The lowest BCUT2D eigenvalue weighted by molar-refractivity contribution is 0.240. The van der Waals surface area contributed by atoms with E-state index in [0.29, 0.717) is 25.1 Å². The number of benzene rings is 2. The van der Waals surface area contributed by atoms with E-state index in [1.54, 1.807) is 0 Å². The van der Waals surface area contributed by atoms with E-state index in [1.165, 1.54) is 0 Å². The summed E-state index contributed by atoms with van der Waals surface area (Å²) >= 11 is 0. The van der Waals surface area contributed by atoms with Crippen molar-refractivity contribution >= 4 is 16.9 Å². The highest BCUT2D eigenvalue weighted by Crippen LogP contribution is 2.13. The van der Waals surface area contributed by atoms with Gasteiger partial charge in [0, 0.05) is 24.2 Å². The van der Waals surface area contributed by atoms with Gasteiger partial charge in [-0.3, -0.25) is 4.79 Å². The van der Waals surface area contributed by atoms with Crippen LogP contribution in [0.3, 0.4) is 0 Å². The summed E-state index contributed by atoms with van der Waals surface area (Å²) in [7, 11) is 0. The van der Waals surface area contributed by atoms with Gasteiger partial charge in [0.2, 0.25) is 0 Å². The molecule has 0 fully saturated rings. The molecule has 1 heterocycles. The lowest BCUT2D eigenvalue weighted by Gasteiger charge is -2.08. The second-order valence-corrected chi connectivity index (χ2v) is 6.06. The topological polar surface area (TPSA) is 74.0 Å². The average Bonchev–Trinajstić information content (AvgIpc) is 2.61. The van der Waals surface area contributed by atoms with Crippen LogP contribution in [0.5, 0.6) is 0 Å². The Kier molecular flexibility index (Phi) is 5.14. The number of hydrogen-bond donors (Lipinski definition) is 3. The van der Waals surface area contributed by atoms with Crippen LogP contribution in [0.4, 0.5) is 4.79 Å². The molecular weight excluding hydrogens is 314 g/mol. The van der Waals surface area contributed by atoms with Crippen LogP contribution in [0.25, 0.3) is 10.9 Å². The van der Waals surface area contributed by atoms with Crippen molar-refractivity contribution in [2.75, 3.05) is 6.54 Å². The summed E-state index contributed by atoms with van der Waals surface area (Å²) in [5.41, 5.74) is 3.57. The normalized spacial score (nSPS) is 10.6. The Morgan fingerprint density at radius 1 is 1.04 bits per heavy atom. The molecule has 0 saturated carbocycles. The molecule has 5 heteroatoms. The Morgan fingerprint density at radius 2 is 1.84 bits per heavy atom. The van der Waals surface area contributed by atoms with E-state index in [2.05, 4.69) is 15.6 Å². The number of aromatic nitrogens is 1. The number of amides is 2. The highest BCUT2D eigenvalue weighted by atomic mass is 16.2. The number of carbonyl (C=O) groups excluding carboxylic acids is 1. The standard InChI is InChI=1S/C20H21N3O2/c1-14-7-8-18-17(11-14)12-16(19(24)23-18)9-10-21-20(25)22-13-15-5-3-2-4-6-15/h2-8,11-12H,9-10,13H2,1H3,(H,23,24)(H2,21,22,25). The Labute approximate surface area is 146 Å². The van der Waals surface area contributed by atoms with Gasteiger partial charge in [0.25, 0.3) is 5.56 Å². The Morgan fingerprint density at radius 3 is 2.64 bits per heavy atom. The van der Waals surface area contributed by atoms with Gasteiger partial charge in [-0.25, -0.2) is 4.79 Å². The molecule has 3 N–H and O–H groups in total. The predicted molar refractivity (Wildman–Crippen MR) is 99.7 cm³/mol. The highest BCUT2D eigenvalue weighted by Gasteiger charge is 2.05. The quantitative estimate of drug-likeness (QED) is 0.671. The van der Waals surface area contributed by atoms with E-state index >= 15 is 0 Å². The van der Waals surface area contributed by atoms with Crippen molar-refractivity contribution in [3.8, 4) is 0 Å². The molecule has 0 aliphatic heterocycles. The molecule has 0 atom stereocenters. The largest absolute Gasteiger partial charge is 0.338 e. The van der Waals surface area contributed by atoms with E-state index < -0.39 is 0 Å². The highest BCUT2D eigenvalue weighted by molar-refractivity contribution is 5.79. The van der Waals surface area contributed by atoms with E-state index in [4.69, 9.17) is 0 Å². The molecule has 25 heavy (non-hydrogen) atoms. The van der Waals surface area contributed by atoms with Crippen LogP contribution in [0.2, 0.25) is 0 Å². The molecule has 0 spiro atoms. The molecule has 3 rings (SSSR count). The van der Waals surface area contributed by atoms with Crippen molar-refractivity contribution in [1.82, 2.24) is 15.6 Å². The van der Waals surface area contributed by atoms with Crippen LogP contribution in [-0.2, 0) is 13.0 Å². The molecule has 128 valence electrons. The van der Waals surface area contributed by atoms with Crippen molar-refractivity contribution < 1.29 is 4.79 Å². The fraction of sp³-hybridized carbons (Fsp3) is 0.200. The number of aromatic amines is 1. The van der Waals surface area contributed by atoms with E-state index in [9.17, 15) is 9.59 Å². The minimum atomic E-state index is -0.239. The van der Waals surface area contributed by atoms with Gasteiger partial charge in [0.05, 0.1) is 0 Å². The number of aryl methyl sites for hydroxylation is 1. The molecule has 3 aromatic rings. The molecule has 0 radical (unpaired) electrons. The summed E-state index contributed by atoms with van der Waals surface area (Å²) in [5, 5.41) is 6.59. The minimum Gasteiger partial charge on any atom is -0.338 e. The fourth-order valence-electron chi connectivity index (χ4n) is 2.71. The second kappa shape index (κ2) is 7.66. The number of H-pyrrole nitrogens is 1. The zero-order valence-corrected chi connectivity index (χ0v) is 14.1. The van der Waals surface area contributed by atoms with Gasteiger partial charge in [-0.15, -0.1) is 0 Å². The van der Waals surface area contributed by atoms with Crippen molar-refractivity contribution in [1.29, 1.82) is 0 Å². The summed E-state index contributed by atoms with van der Waals surface area (Å²) in [4.78, 5) is 26.8. The molecule has 0 bridgehead atoms. The molecular formula is C20H21N3O2. The van der Waals surface area contributed by atoms with Gasteiger partial charge in [-0.05, 0) is 42.5 Å². The number of urea groups is 1. The van der Waals surface area contributed by atoms with Gasteiger partial charge in [-0.2, -0.15) is 0 Å². The first-order valence-electron chi connectivity index (χ1n) is 8.30. The summed E-state index contributed by atoms with van der Waals surface area (Å²) < 4.78 is 0. The van der Waals surface area contributed by atoms with E-state index in [-0.39, 0.29) is 11.6 Å². The van der Waals surface area contributed by atoms with Crippen molar-refractivity contribution in [2.24, 2.45) is 0 Å². The number of carbonyl (C=O) groups is 1. The zero-order chi connectivity index (χ0) is 17.6. The molecule has 0 aliphatic carbocycles. The van der Waals surface area contributed by atoms with Crippen LogP contribution >= 0.6 is 0 Å². The van der Waals surface area contributed by atoms with Crippen LogP contribution < -0.4 is 16.2 Å². The third-order valence-electron chi connectivity index (χ3n) is 4.05. The van der Waals surface area contributed by atoms with Gasteiger partial charge < -0.3 is 15.6 Å². The molecule has 2 amide bonds. The van der Waals surface area contributed by atoms with Gasteiger partial charge >= 0.3 is 6.03 Å². The second-order valence-electron chi connectivity index (χ2n) is 6.06. The van der Waals surface area contributed by atoms with Crippen LogP contribution in [0, 0.1) is 6.92 Å². The number of fused-ring (bicyclic) bond motifs is 1. The lowest BCUT2D eigenvalue weighted by atomic mass is 10.1. The van der Waals surface area contributed by atoms with Crippen LogP contribution in [-0.4, -0.2) is 17.6 Å². The smallest absolute Gasteiger partial charge is 0.315 e. The Hall–Kier alpha value is -3.08. The van der Waals surface area contributed by atoms with E-state index in [0.717, 1.165) is 22.0 Å². The zero-order valence-electron chi connectivity index (χ0n) is 14.1. The predicted octanol–water partition coefficient (Wildman–Crippen LogP) is 2.88. The summed E-state index contributed by atoms with van der Waals surface area (Å²) in [6.07, 6.45) is 0.484. The number of pyridine rings is 1. The van der Waals surface area contributed by atoms with Gasteiger partial charge in [0.1, 0.15) is 0 Å². The first kappa shape index (κ1) is 16.8. The van der Waals surface area contributed by atoms with Crippen LogP contribution in [0.1, 0.15) is 16.7 Å². The van der Waals surface area contributed by atoms with Crippen LogP contribution in [0.15, 0.2) is 59.4 Å². The summed E-state index contributed by atoms with van der Waals surface area (Å²) in [6, 6.07) is 17.3. The molecule has 0 saturated heterocycles. The average molecular weight is 335 g/mol. The fourth-order valence-corrected chi connectivity index (χ4v) is 2.71. The Balaban J connectivity index is 1.54. The maximum atomic E-state index is 12.1. The molecule has 2 aromatic carbocycles. The molecule has 0 unspecified atom stereocenters. The van der Waals surface area contributed by atoms with Crippen molar-refractivity contribution in [3.63, 3.8) is 0 Å². The number of rotatable bonds is 5. The van der Waals surface area contributed by atoms with Gasteiger partial charge in [-0.1, -0.05) is 42.0 Å². The van der Waals surface area contributed by atoms with Gasteiger partial charge in [0.15, 0.2) is 0 Å². The van der Waals surface area contributed by atoms with Crippen molar-refractivity contribution in [3.05, 3.63) is 81.6 Å². The Bertz CT molecular complexity index is 933. The SMILES string of the molecule is Cc1ccc2[nH]c(=O)c(CCNC(=O)NCc3ccccc3)cc2c1.